The average molecular weight is 232 g/mol. The first-order valence-corrected chi connectivity index (χ1v) is 7.06. The monoisotopic (exact) mass is 232 g/mol. The molecular weight excluding hydrogens is 216 g/mol. The Morgan fingerprint density at radius 3 is 2.71 bits per heavy atom. The maximum atomic E-state index is 5.71. The van der Waals surface area contributed by atoms with Crippen LogP contribution in [-0.2, 0) is 9.47 Å². The van der Waals surface area contributed by atoms with E-state index in [2.05, 4.69) is 37.4 Å². The number of ether oxygens (including phenoxy) is 2. The molecule has 0 N–H and O–H groups in total. The second kappa shape index (κ2) is 3.30. The minimum absolute atomic E-state index is 0.355. The lowest BCUT2D eigenvalue weighted by atomic mass is 10.2. The summed E-state index contributed by atoms with van der Waals surface area (Å²) in [5.41, 5.74) is 0. The molecule has 3 saturated heterocycles. The number of fused-ring (bicyclic) bond motifs is 1. The van der Waals surface area contributed by atoms with Gasteiger partial charge in [0.2, 0.25) is 0 Å². The van der Waals surface area contributed by atoms with Crippen molar-refractivity contribution >= 4 is 23.5 Å². The van der Waals surface area contributed by atoms with Crippen LogP contribution in [0.2, 0.25) is 0 Å². The summed E-state index contributed by atoms with van der Waals surface area (Å²) in [5, 5.41) is 1.41. The maximum absolute atomic E-state index is 5.71. The molecular formula is C10H16O2S2. The highest BCUT2D eigenvalue weighted by Gasteiger charge is 2.56. The second-order valence-corrected chi connectivity index (χ2v) is 7.69. The zero-order valence-corrected chi connectivity index (χ0v) is 10.2. The Morgan fingerprint density at radius 1 is 1.21 bits per heavy atom. The van der Waals surface area contributed by atoms with Gasteiger partial charge in [0.1, 0.15) is 0 Å². The molecule has 0 aromatic heterocycles. The van der Waals surface area contributed by atoms with Crippen LogP contribution in [0.4, 0.5) is 0 Å². The van der Waals surface area contributed by atoms with Gasteiger partial charge >= 0.3 is 0 Å². The molecule has 0 aromatic rings. The van der Waals surface area contributed by atoms with Crippen LogP contribution in [0, 0.1) is 0 Å². The molecule has 3 rings (SSSR count). The summed E-state index contributed by atoms with van der Waals surface area (Å²) >= 11 is 4.24. The number of hydrogen-bond donors (Lipinski definition) is 0. The Kier molecular flexibility index (Phi) is 2.32. The van der Waals surface area contributed by atoms with E-state index < -0.39 is 0 Å². The van der Waals surface area contributed by atoms with Crippen molar-refractivity contribution in [2.45, 2.75) is 47.1 Å². The van der Waals surface area contributed by atoms with Crippen LogP contribution in [0.15, 0.2) is 0 Å². The summed E-state index contributed by atoms with van der Waals surface area (Å²) in [6.07, 6.45) is 2.06. The fourth-order valence-electron chi connectivity index (χ4n) is 2.54. The average Bonchev–Trinajstić information content (AvgIpc) is 2.77. The molecule has 14 heavy (non-hydrogen) atoms. The van der Waals surface area contributed by atoms with Gasteiger partial charge in [-0.1, -0.05) is 0 Å². The predicted octanol–water partition coefficient (Wildman–Crippen LogP) is 2.13. The minimum atomic E-state index is 0.355. The van der Waals surface area contributed by atoms with E-state index in [-0.39, 0.29) is 0 Å². The Balaban J connectivity index is 1.81. The van der Waals surface area contributed by atoms with Crippen molar-refractivity contribution in [2.75, 3.05) is 13.2 Å². The first kappa shape index (κ1) is 9.82. The van der Waals surface area contributed by atoms with Crippen LogP contribution in [0.5, 0.6) is 0 Å². The van der Waals surface area contributed by atoms with Crippen LogP contribution in [0.3, 0.4) is 0 Å². The lowest BCUT2D eigenvalue weighted by Gasteiger charge is -2.26. The van der Waals surface area contributed by atoms with Gasteiger partial charge in [0.25, 0.3) is 0 Å². The number of hydrogen-bond acceptors (Lipinski definition) is 4. The van der Waals surface area contributed by atoms with Crippen molar-refractivity contribution in [3.8, 4) is 0 Å². The van der Waals surface area contributed by atoms with Gasteiger partial charge in [0.05, 0.1) is 22.9 Å². The molecule has 0 bridgehead atoms. The van der Waals surface area contributed by atoms with E-state index in [0.717, 1.165) is 13.2 Å². The van der Waals surface area contributed by atoms with Crippen molar-refractivity contribution in [2.24, 2.45) is 0 Å². The molecule has 0 amide bonds. The normalized spacial score (nSPS) is 57.0. The van der Waals surface area contributed by atoms with E-state index in [1.807, 2.05) is 0 Å². The molecule has 3 aliphatic heterocycles. The second-order valence-electron chi connectivity index (χ2n) is 4.35. The van der Waals surface area contributed by atoms with E-state index in [9.17, 15) is 0 Å². The lowest BCUT2D eigenvalue weighted by Crippen LogP contribution is -2.28. The third kappa shape index (κ3) is 1.27. The molecule has 1 spiro atoms. The van der Waals surface area contributed by atoms with E-state index in [1.54, 1.807) is 0 Å². The van der Waals surface area contributed by atoms with Crippen molar-refractivity contribution in [1.29, 1.82) is 0 Å². The molecule has 5 atom stereocenters. The molecule has 4 heteroatoms. The van der Waals surface area contributed by atoms with Crippen molar-refractivity contribution in [3.63, 3.8) is 0 Å². The summed E-state index contributed by atoms with van der Waals surface area (Å²) in [6.45, 7) is 6.31. The molecule has 5 unspecified atom stereocenters. The van der Waals surface area contributed by atoms with Crippen molar-refractivity contribution in [1.82, 2.24) is 0 Å². The third-order valence-corrected chi connectivity index (χ3v) is 7.81. The van der Waals surface area contributed by atoms with E-state index in [1.165, 1.54) is 6.42 Å². The van der Waals surface area contributed by atoms with Crippen molar-refractivity contribution in [3.05, 3.63) is 0 Å². The van der Waals surface area contributed by atoms with Gasteiger partial charge in [-0.25, -0.2) is 0 Å². The standard InChI is InChI=1S/C10H16O2S2/c1-6-9-8(5-12-6)13-10(14-9)3-4-11-7(10)2/h6-9H,3-5H2,1-2H3. The van der Waals surface area contributed by atoms with Gasteiger partial charge in [0, 0.05) is 17.1 Å². The van der Waals surface area contributed by atoms with Crippen molar-refractivity contribution < 1.29 is 9.47 Å². The first-order valence-electron chi connectivity index (χ1n) is 5.30. The summed E-state index contributed by atoms with van der Waals surface area (Å²) in [6, 6.07) is 0. The van der Waals surface area contributed by atoms with Gasteiger partial charge in [-0.15, -0.1) is 23.5 Å². The van der Waals surface area contributed by atoms with Gasteiger partial charge in [-0.3, -0.25) is 0 Å². The summed E-state index contributed by atoms with van der Waals surface area (Å²) in [5.74, 6) is 0. The molecule has 0 saturated carbocycles. The van der Waals surface area contributed by atoms with E-state index >= 15 is 0 Å². The third-order valence-electron chi connectivity index (χ3n) is 3.48. The minimum Gasteiger partial charge on any atom is -0.376 e. The van der Waals surface area contributed by atoms with Crippen LogP contribution >= 0.6 is 23.5 Å². The summed E-state index contributed by atoms with van der Waals surface area (Å²) in [7, 11) is 0. The molecule has 0 aliphatic carbocycles. The number of thioether (sulfide) groups is 2. The van der Waals surface area contributed by atoms with Crippen LogP contribution < -0.4 is 0 Å². The number of rotatable bonds is 0. The van der Waals surface area contributed by atoms with E-state index in [0.29, 0.717) is 26.8 Å². The Morgan fingerprint density at radius 2 is 2.07 bits per heavy atom. The lowest BCUT2D eigenvalue weighted by molar-refractivity contribution is 0.121. The summed E-state index contributed by atoms with van der Waals surface area (Å²) < 4.78 is 11.7. The smallest absolute Gasteiger partial charge is 0.0898 e. The largest absolute Gasteiger partial charge is 0.376 e. The van der Waals surface area contributed by atoms with Crippen LogP contribution in [-0.4, -0.2) is 40.0 Å². The van der Waals surface area contributed by atoms with Crippen LogP contribution in [0.25, 0.3) is 0 Å². The van der Waals surface area contributed by atoms with E-state index in [4.69, 9.17) is 9.47 Å². The fourth-order valence-corrected chi connectivity index (χ4v) is 6.70. The van der Waals surface area contributed by atoms with Gasteiger partial charge in [0.15, 0.2) is 0 Å². The molecule has 80 valence electrons. The maximum Gasteiger partial charge on any atom is 0.0898 e. The Labute approximate surface area is 93.5 Å². The van der Waals surface area contributed by atoms with Gasteiger partial charge < -0.3 is 9.47 Å². The first-order chi connectivity index (χ1) is 6.71. The molecule has 0 radical (unpaired) electrons. The zero-order valence-electron chi connectivity index (χ0n) is 8.56. The fraction of sp³-hybridized carbons (Fsp3) is 1.00. The Bertz CT molecular complexity index is 248. The van der Waals surface area contributed by atoms with Gasteiger partial charge in [-0.05, 0) is 20.3 Å². The van der Waals surface area contributed by atoms with Crippen LogP contribution in [0.1, 0.15) is 20.3 Å². The SMILES string of the molecule is CC1OCC2SC3(CCOC3C)SC12. The molecule has 3 aliphatic rings. The predicted molar refractivity (Wildman–Crippen MR) is 60.9 cm³/mol. The highest BCUT2D eigenvalue weighted by atomic mass is 32.2. The quantitative estimate of drug-likeness (QED) is 0.636. The highest BCUT2D eigenvalue weighted by molar-refractivity contribution is 8.22. The summed E-state index contributed by atoms with van der Waals surface area (Å²) in [4.78, 5) is 0. The molecule has 3 heterocycles. The molecule has 3 fully saturated rings. The Hall–Kier alpha value is 0.620. The zero-order chi connectivity index (χ0) is 9.76. The van der Waals surface area contributed by atoms with Gasteiger partial charge in [-0.2, -0.15) is 0 Å². The molecule has 0 aromatic carbocycles. The molecule has 2 nitrogen and oxygen atoms in total. The highest BCUT2D eigenvalue weighted by Crippen LogP contribution is 2.61. The topological polar surface area (TPSA) is 18.5 Å².